The molecular formula is C19H27N7O. The number of aryl methyl sites for hydroxylation is 2. The fraction of sp³-hybridized carbons (Fsp3) is 0.579. The first-order chi connectivity index (χ1) is 13.1. The van der Waals surface area contributed by atoms with Gasteiger partial charge in [-0.1, -0.05) is 0 Å². The number of hydrogen-bond acceptors (Lipinski definition) is 5. The van der Waals surface area contributed by atoms with E-state index in [4.69, 9.17) is 0 Å². The molecule has 1 N–H and O–H groups in total. The lowest BCUT2D eigenvalue weighted by Crippen LogP contribution is -2.39. The minimum absolute atomic E-state index is 0.0503. The average Bonchev–Trinajstić information content (AvgIpc) is 3.25. The van der Waals surface area contributed by atoms with Crippen molar-refractivity contribution in [1.82, 2.24) is 30.0 Å². The van der Waals surface area contributed by atoms with E-state index in [1.807, 2.05) is 35.8 Å². The first kappa shape index (κ1) is 17.8. The van der Waals surface area contributed by atoms with Crippen LogP contribution < -0.4 is 10.2 Å². The van der Waals surface area contributed by atoms with Crippen LogP contribution in [0.1, 0.15) is 41.9 Å². The fourth-order valence-electron chi connectivity index (χ4n) is 3.90. The number of carbonyl (C=O) groups excluding carboxylic acids is 1. The Morgan fingerprint density at radius 1 is 1.19 bits per heavy atom. The molecule has 0 unspecified atom stereocenters. The van der Waals surface area contributed by atoms with Crippen molar-refractivity contribution in [2.45, 2.75) is 45.7 Å². The van der Waals surface area contributed by atoms with Crippen LogP contribution in [0.2, 0.25) is 0 Å². The van der Waals surface area contributed by atoms with Crippen LogP contribution in [0.15, 0.2) is 12.3 Å². The number of fused-ring (bicyclic) bond motifs is 1. The van der Waals surface area contributed by atoms with E-state index >= 15 is 0 Å². The number of hydrogen-bond donors (Lipinski definition) is 1. The Hall–Kier alpha value is -2.64. The summed E-state index contributed by atoms with van der Waals surface area (Å²) in [6.45, 7) is 5.77. The summed E-state index contributed by atoms with van der Waals surface area (Å²) in [4.78, 5) is 26.0. The third-order valence-corrected chi connectivity index (χ3v) is 5.34. The van der Waals surface area contributed by atoms with Gasteiger partial charge in [0, 0.05) is 43.6 Å². The standard InChI is InChI=1S/C19H27N7O/c1-14-10-16(23-18(22-14)25-7-3-4-8-25)12-20-19(27)26-9-5-6-17-15(13-26)11-21-24(17)2/h10-11H,3-9,12-13H2,1-2H3,(H,20,27). The maximum absolute atomic E-state index is 12.7. The molecule has 4 heterocycles. The highest BCUT2D eigenvalue weighted by Crippen LogP contribution is 2.19. The van der Waals surface area contributed by atoms with Gasteiger partial charge in [-0.2, -0.15) is 5.10 Å². The van der Waals surface area contributed by atoms with Gasteiger partial charge in [-0.05, 0) is 38.7 Å². The Morgan fingerprint density at radius 3 is 2.81 bits per heavy atom. The average molecular weight is 369 g/mol. The molecule has 2 aliphatic rings. The van der Waals surface area contributed by atoms with E-state index < -0.39 is 0 Å². The summed E-state index contributed by atoms with van der Waals surface area (Å²) >= 11 is 0. The number of nitrogens with zero attached hydrogens (tertiary/aromatic N) is 6. The fourth-order valence-corrected chi connectivity index (χ4v) is 3.90. The van der Waals surface area contributed by atoms with Crippen LogP contribution in [0, 0.1) is 6.92 Å². The monoisotopic (exact) mass is 369 g/mol. The number of carbonyl (C=O) groups is 1. The van der Waals surface area contributed by atoms with Crippen LogP contribution in [0.25, 0.3) is 0 Å². The van der Waals surface area contributed by atoms with Gasteiger partial charge >= 0.3 is 6.03 Å². The zero-order valence-corrected chi connectivity index (χ0v) is 16.1. The van der Waals surface area contributed by atoms with E-state index in [1.54, 1.807) is 0 Å². The lowest BCUT2D eigenvalue weighted by Gasteiger charge is -2.21. The number of urea groups is 1. The number of aromatic nitrogens is 4. The van der Waals surface area contributed by atoms with Crippen LogP contribution in [0.5, 0.6) is 0 Å². The molecule has 144 valence electrons. The van der Waals surface area contributed by atoms with Crippen LogP contribution in [0.3, 0.4) is 0 Å². The van der Waals surface area contributed by atoms with Crippen molar-refractivity contribution < 1.29 is 4.79 Å². The molecule has 8 heteroatoms. The third kappa shape index (κ3) is 3.89. The summed E-state index contributed by atoms with van der Waals surface area (Å²) in [5.74, 6) is 0.784. The quantitative estimate of drug-likeness (QED) is 0.892. The smallest absolute Gasteiger partial charge is 0.318 e. The molecule has 1 saturated heterocycles. The van der Waals surface area contributed by atoms with Gasteiger partial charge in [0.25, 0.3) is 0 Å². The minimum Gasteiger partial charge on any atom is -0.341 e. The summed E-state index contributed by atoms with van der Waals surface area (Å²) in [6.07, 6.45) is 6.16. The molecule has 1 fully saturated rings. The van der Waals surface area contributed by atoms with E-state index in [-0.39, 0.29) is 6.03 Å². The highest BCUT2D eigenvalue weighted by Gasteiger charge is 2.21. The van der Waals surface area contributed by atoms with E-state index in [0.29, 0.717) is 13.1 Å². The highest BCUT2D eigenvalue weighted by atomic mass is 16.2. The molecule has 0 aromatic carbocycles. The number of rotatable bonds is 3. The number of anilines is 1. The van der Waals surface area contributed by atoms with Gasteiger partial charge < -0.3 is 15.1 Å². The SMILES string of the molecule is Cc1cc(CNC(=O)N2CCCc3c(cnn3C)C2)nc(N2CCCC2)n1. The van der Waals surface area contributed by atoms with E-state index in [2.05, 4.69) is 25.3 Å². The highest BCUT2D eigenvalue weighted by molar-refractivity contribution is 5.74. The second-order valence-corrected chi connectivity index (χ2v) is 7.42. The van der Waals surface area contributed by atoms with Gasteiger partial charge in [-0.15, -0.1) is 0 Å². The van der Waals surface area contributed by atoms with Crippen LogP contribution in [-0.4, -0.2) is 50.3 Å². The molecule has 0 saturated carbocycles. The molecule has 2 aromatic heterocycles. The first-order valence-corrected chi connectivity index (χ1v) is 9.72. The van der Waals surface area contributed by atoms with E-state index in [1.165, 1.54) is 18.5 Å². The predicted octanol–water partition coefficient (Wildman–Crippen LogP) is 1.78. The van der Waals surface area contributed by atoms with Gasteiger partial charge in [0.2, 0.25) is 5.95 Å². The van der Waals surface area contributed by atoms with Crippen molar-refractivity contribution in [3.05, 3.63) is 34.9 Å². The Kier molecular flexibility index (Phi) is 4.96. The minimum atomic E-state index is -0.0503. The number of amides is 2. The molecule has 0 atom stereocenters. The molecule has 0 radical (unpaired) electrons. The Morgan fingerprint density at radius 2 is 2.00 bits per heavy atom. The van der Waals surface area contributed by atoms with E-state index in [9.17, 15) is 4.79 Å². The zero-order chi connectivity index (χ0) is 18.8. The molecule has 2 aliphatic heterocycles. The normalized spacial score (nSPS) is 17.0. The third-order valence-electron chi connectivity index (χ3n) is 5.34. The molecular weight excluding hydrogens is 342 g/mol. The summed E-state index contributed by atoms with van der Waals surface area (Å²) in [5.41, 5.74) is 4.16. The Bertz CT molecular complexity index is 825. The molecule has 0 bridgehead atoms. The maximum Gasteiger partial charge on any atom is 0.318 e. The van der Waals surface area contributed by atoms with Gasteiger partial charge in [0.15, 0.2) is 0 Å². The van der Waals surface area contributed by atoms with Gasteiger partial charge in [0.05, 0.1) is 25.0 Å². The van der Waals surface area contributed by atoms with Crippen LogP contribution in [-0.2, 0) is 26.6 Å². The molecule has 0 aliphatic carbocycles. The number of nitrogens with one attached hydrogen (secondary N) is 1. The van der Waals surface area contributed by atoms with Crippen molar-refractivity contribution in [3.63, 3.8) is 0 Å². The second-order valence-electron chi connectivity index (χ2n) is 7.42. The largest absolute Gasteiger partial charge is 0.341 e. The van der Waals surface area contributed by atoms with Crippen LogP contribution >= 0.6 is 0 Å². The summed E-state index contributed by atoms with van der Waals surface area (Å²) in [6, 6.07) is 1.90. The lowest BCUT2D eigenvalue weighted by atomic mass is 10.2. The van der Waals surface area contributed by atoms with Gasteiger partial charge in [-0.25, -0.2) is 14.8 Å². The van der Waals surface area contributed by atoms with Crippen molar-refractivity contribution in [2.75, 3.05) is 24.5 Å². The van der Waals surface area contributed by atoms with Crippen molar-refractivity contribution >= 4 is 12.0 Å². The summed E-state index contributed by atoms with van der Waals surface area (Å²) in [7, 11) is 1.96. The zero-order valence-electron chi connectivity index (χ0n) is 16.1. The van der Waals surface area contributed by atoms with Gasteiger partial charge in [0.1, 0.15) is 0 Å². The molecule has 2 aromatic rings. The topological polar surface area (TPSA) is 79.2 Å². The molecule has 27 heavy (non-hydrogen) atoms. The van der Waals surface area contributed by atoms with E-state index in [0.717, 1.165) is 55.4 Å². The second kappa shape index (κ2) is 7.54. The maximum atomic E-state index is 12.7. The first-order valence-electron chi connectivity index (χ1n) is 9.72. The summed E-state index contributed by atoms with van der Waals surface area (Å²) < 4.78 is 1.92. The molecule has 4 rings (SSSR count). The van der Waals surface area contributed by atoms with Gasteiger partial charge in [-0.3, -0.25) is 4.68 Å². The van der Waals surface area contributed by atoms with Crippen molar-refractivity contribution in [1.29, 1.82) is 0 Å². The Labute approximate surface area is 159 Å². The Balaban J connectivity index is 1.40. The summed E-state index contributed by atoms with van der Waals surface area (Å²) in [5, 5.41) is 7.35. The predicted molar refractivity (Wildman–Crippen MR) is 102 cm³/mol. The molecule has 2 amide bonds. The van der Waals surface area contributed by atoms with Crippen molar-refractivity contribution in [2.24, 2.45) is 7.05 Å². The van der Waals surface area contributed by atoms with Crippen LogP contribution in [0.4, 0.5) is 10.7 Å². The molecule has 8 nitrogen and oxygen atoms in total. The molecule has 0 spiro atoms. The lowest BCUT2D eigenvalue weighted by molar-refractivity contribution is 0.195. The van der Waals surface area contributed by atoms with Crippen molar-refractivity contribution in [3.8, 4) is 0 Å².